The van der Waals surface area contributed by atoms with E-state index in [0.29, 0.717) is 0 Å². The first-order chi connectivity index (χ1) is 9.08. The molecule has 1 heterocycles. The first-order valence-corrected chi connectivity index (χ1v) is 6.92. The summed E-state index contributed by atoms with van der Waals surface area (Å²) >= 11 is 0. The van der Waals surface area contributed by atoms with Crippen LogP contribution in [-0.4, -0.2) is 17.4 Å². The van der Waals surface area contributed by atoms with Gasteiger partial charge in [-0.3, -0.25) is 4.79 Å². The number of hydrogen-bond donors (Lipinski definition) is 2. The fourth-order valence-corrected chi connectivity index (χ4v) is 2.69. The molecular formula is C16H20N2O. The van der Waals surface area contributed by atoms with E-state index in [1.165, 1.54) is 12.8 Å². The molecule has 0 bridgehead atoms. The monoisotopic (exact) mass is 256 g/mol. The molecule has 100 valence electrons. The Morgan fingerprint density at radius 1 is 1.37 bits per heavy atom. The molecule has 2 aromatic rings. The van der Waals surface area contributed by atoms with Crippen LogP contribution in [0.25, 0.3) is 10.9 Å². The molecule has 0 radical (unpaired) electrons. The van der Waals surface area contributed by atoms with Gasteiger partial charge < -0.3 is 10.3 Å². The van der Waals surface area contributed by atoms with Crippen molar-refractivity contribution in [2.75, 3.05) is 6.54 Å². The van der Waals surface area contributed by atoms with Gasteiger partial charge in [-0.05, 0) is 36.3 Å². The van der Waals surface area contributed by atoms with Crippen LogP contribution < -0.4 is 5.32 Å². The zero-order valence-electron chi connectivity index (χ0n) is 11.5. The van der Waals surface area contributed by atoms with Gasteiger partial charge in [0.1, 0.15) is 0 Å². The molecule has 0 aliphatic heterocycles. The summed E-state index contributed by atoms with van der Waals surface area (Å²) in [6.07, 6.45) is 4.47. The van der Waals surface area contributed by atoms with Gasteiger partial charge in [-0.15, -0.1) is 0 Å². The highest BCUT2D eigenvalue weighted by Gasteiger charge is 2.37. The number of H-pyrrole nitrogens is 1. The van der Waals surface area contributed by atoms with Gasteiger partial charge in [-0.25, -0.2) is 0 Å². The van der Waals surface area contributed by atoms with Crippen molar-refractivity contribution >= 4 is 16.8 Å². The average Bonchev–Trinajstić information content (AvgIpc) is 3.15. The Kier molecular flexibility index (Phi) is 2.85. The number of carbonyl (C=O) groups excluding carboxylic acids is 1. The fraction of sp³-hybridized carbons (Fsp3) is 0.438. The molecule has 0 saturated heterocycles. The Morgan fingerprint density at radius 3 is 2.89 bits per heavy atom. The van der Waals surface area contributed by atoms with Crippen LogP contribution in [0.5, 0.6) is 0 Å². The number of aromatic amines is 1. The summed E-state index contributed by atoms with van der Waals surface area (Å²) in [5, 5.41) is 4.16. The number of nitrogens with one attached hydrogen (secondary N) is 2. The first-order valence-electron chi connectivity index (χ1n) is 6.92. The lowest BCUT2D eigenvalue weighted by atomic mass is 9.87. The summed E-state index contributed by atoms with van der Waals surface area (Å²) < 4.78 is 0. The molecule has 19 heavy (non-hydrogen) atoms. The number of amides is 1. The fourth-order valence-electron chi connectivity index (χ4n) is 2.69. The molecule has 0 spiro atoms. The van der Waals surface area contributed by atoms with Crippen LogP contribution in [0.2, 0.25) is 0 Å². The van der Waals surface area contributed by atoms with Crippen molar-refractivity contribution < 1.29 is 4.79 Å². The maximum absolute atomic E-state index is 12.3. The lowest BCUT2D eigenvalue weighted by Gasteiger charge is -2.24. The van der Waals surface area contributed by atoms with E-state index in [1.54, 1.807) is 0 Å². The Labute approximate surface area is 113 Å². The third-order valence-corrected chi connectivity index (χ3v) is 4.22. The van der Waals surface area contributed by atoms with E-state index in [2.05, 4.69) is 24.1 Å². The third kappa shape index (κ3) is 2.37. The molecule has 1 fully saturated rings. The highest BCUT2D eigenvalue weighted by molar-refractivity contribution is 6.05. The van der Waals surface area contributed by atoms with Crippen molar-refractivity contribution in [2.24, 2.45) is 11.3 Å². The molecule has 3 rings (SSSR count). The molecule has 3 heteroatoms. The number of hydrogen-bond acceptors (Lipinski definition) is 1. The minimum atomic E-state index is 0.0155. The van der Waals surface area contributed by atoms with Crippen molar-refractivity contribution in [1.29, 1.82) is 0 Å². The number of aromatic nitrogens is 1. The van der Waals surface area contributed by atoms with Crippen LogP contribution in [0.15, 0.2) is 30.5 Å². The van der Waals surface area contributed by atoms with E-state index in [4.69, 9.17) is 0 Å². The quantitative estimate of drug-likeness (QED) is 0.866. The maximum Gasteiger partial charge on any atom is 0.253 e. The molecule has 0 unspecified atom stereocenters. The summed E-state index contributed by atoms with van der Waals surface area (Å²) in [5.41, 5.74) is 1.86. The minimum Gasteiger partial charge on any atom is -0.361 e. The summed E-state index contributed by atoms with van der Waals surface area (Å²) in [5.74, 6) is 0.788. The highest BCUT2D eigenvalue weighted by Crippen LogP contribution is 2.44. The second kappa shape index (κ2) is 4.41. The van der Waals surface area contributed by atoms with Crippen molar-refractivity contribution in [3.63, 3.8) is 0 Å². The second-order valence-corrected chi connectivity index (χ2v) is 6.19. The van der Waals surface area contributed by atoms with Crippen LogP contribution in [-0.2, 0) is 0 Å². The second-order valence-electron chi connectivity index (χ2n) is 6.19. The molecule has 2 N–H and O–H groups in total. The van der Waals surface area contributed by atoms with E-state index in [9.17, 15) is 4.79 Å². The predicted octanol–water partition coefficient (Wildman–Crippen LogP) is 3.33. The average molecular weight is 256 g/mol. The highest BCUT2D eigenvalue weighted by atomic mass is 16.1. The van der Waals surface area contributed by atoms with Gasteiger partial charge in [-0.2, -0.15) is 0 Å². The third-order valence-electron chi connectivity index (χ3n) is 4.22. The SMILES string of the molecule is CC(C)(CNC(=O)c1cccc2cc[nH]c12)C1CC1. The van der Waals surface area contributed by atoms with Gasteiger partial charge in [0.15, 0.2) is 0 Å². The molecule has 1 aliphatic carbocycles. The smallest absolute Gasteiger partial charge is 0.253 e. The lowest BCUT2D eigenvalue weighted by Crippen LogP contribution is -2.35. The van der Waals surface area contributed by atoms with Gasteiger partial charge in [0.05, 0.1) is 11.1 Å². The Bertz CT molecular complexity index is 608. The Morgan fingerprint density at radius 2 is 2.16 bits per heavy atom. The molecule has 1 aromatic carbocycles. The van der Waals surface area contributed by atoms with Gasteiger partial charge in [-0.1, -0.05) is 26.0 Å². The molecular weight excluding hydrogens is 236 g/mol. The summed E-state index contributed by atoms with van der Waals surface area (Å²) in [7, 11) is 0. The van der Waals surface area contributed by atoms with Crippen LogP contribution in [0, 0.1) is 11.3 Å². The van der Waals surface area contributed by atoms with Gasteiger partial charge in [0.2, 0.25) is 0 Å². The van der Waals surface area contributed by atoms with E-state index in [-0.39, 0.29) is 11.3 Å². The molecule has 3 nitrogen and oxygen atoms in total. The summed E-state index contributed by atoms with van der Waals surface area (Å²) in [6, 6.07) is 7.80. The lowest BCUT2D eigenvalue weighted by molar-refractivity contribution is 0.0933. The largest absolute Gasteiger partial charge is 0.361 e. The van der Waals surface area contributed by atoms with E-state index < -0.39 is 0 Å². The van der Waals surface area contributed by atoms with Crippen molar-refractivity contribution in [3.8, 4) is 0 Å². The molecule has 1 aliphatic rings. The maximum atomic E-state index is 12.3. The topological polar surface area (TPSA) is 44.9 Å². The standard InChI is InChI=1S/C16H20N2O/c1-16(2,12-6-7-12)10-18-15(19)13-5-3-4-11-8-9-17-14(11)13/h3-5,8-9,12,17H,6-7,10H2,1-2H3,(H,18,19). The number of carbonyl (C=O) groups is 1. The molecule has 1 amide bonds. The number of fused-ring (bicyclic) bond motifs is 1. The van der Waals surface area contributed by atoms with Gasteiger partial charge >= 0.3 is 0 Å². The normalized spacial score (nSPS) is 15.7. The Balaban J connectivity index is 1.75. The number of benzene rings is 1. The minimum absolute atomic E-state index is 0.0155. The van der Waals surface area contributed by atoms with Crippen LogP contribution in [0.3, 0.4) is 0 Å². The predicted molar refractivity (Wildman–Crippen MR) is 77.1 cm³/mol. The van der Waals surface area contributed by atoms with E-state index >= 15 is 0 Å². The number of para-hydroxylation sites is 1. The zero-order valence-corrected chi connectivity index (χ0v) is 11.5. The summed E-state index contributed by atoms with van der Waals surface area (Å²) in [6.45, 7) is 5.22. The van der Waals surface area contributed by atoms with Crippen molar-refractivity contribution in [2.45, 2.75) is 26.7 Å². The molecule has 1 aromatic heterocycles. The van der Waals surface area contributed by atoms with Crippen LogP contribution in [0.1, 0.15) is 37.0 Å². The first kappa shape index (κ1) is 12.3. The van der Waals surface area contributed by atoms with Crippen molar-refractivity contribution in [1.82, 2.24) is 10.3 Å². The van der Waals surface area contributed by atoms with Gasteiger partial charge in [0, 0.05) is 18.1 Å². The van der Waals surface area contributed by atoms with E-state index in [1.807, 2.05) is 30.5 Å². The summed E-state index contributed by atoms with van der Waals surface area (Å²) in [4.78, 5) is 15.5. The van der Waals surface area contributed by atoms with Gasteiger partial charge in [0.25, 0.3) is 5.91 Å². The Hall–Kier alpha value is -1.77. The number of rotatable bonds is 4. The van der Waals surface area contributed by atoms with E-state index in [0.717, 1.165) is 28.9 Å². The zero-order chi connectivity index (χ0) is 13.5. The van der Waals surface area contributed by atoms with Crippen LogP contribution >= 0.6 is 0 Å². The molecule has 1 saturated carbocycles. The van der Waals surface area contributed by atoms with Crippen molar-refractivity contribution in [3.05, 3.63) is 36.0 Å². The van der Waals surface area contributed by atoms with Crippen LogP contribution in [0.4, 0.5) is 0 Å². The molecule has 0 atom stereocenters.